The Morgan fingerprint density at radius 1 is 0.800 bits per heavy atom. The molecular formula is C33H41NO6. The molecule has 1 aliphatic rings. The maximum absolute atomic E-state index is 13.0. The van der Waals surface area contributed by atoms with E-state index in [1.165, 1.54) is 0 Å². The number of methoxy groups -OCH3 is 2. The molecule has 3 aromatic carbocycles. The summed E-state index contributed by atoms with van der Waals surface area (Å²) in [6.07, 6.45) is -1.24. The van der Waals surface area contributed by atoms with Crippen LogP contribution in [-0.2, 0) is 36.7 Å². The molecule has 0 aromatic heterocycles. The van der Waals surface area contributed by atoms with Crippen molar-refractivity contribution in [2.75, 3.05) is 14.2 Å². The minimum absolute atomic E-state index is 0.187. The van der Waals surface area contributed by atoms with E-state index >= 15 is 0 Å². The third kappa shape index (κ3) is 7.09. The summed E-state index contributed by atoms with van der Waals surface area (Å²) in [6, 6.07) is 27.1. The monoisotopic (exact) mass is 547 g/mol. The van der Waals surface area contributed by atoms with Crippen molar-refractivity contribution < 1.29 is 28.5 Å². The molecule has 4 rings (SSSR count). The summed E-state index contributed by atoms with van der Waals surface area (Å²) in [7, 11) is 3.35. The zero-order valence-corrected chi connectivity index (χ0v) is 24.3. The standard InChI is InChI=1S/C33H41NO6/c1-32(2,36-5)29-30(33(3,4)37-6)40-27(39-29)21-25-19-13-14-20-26(25)28(24-17-11-8-12-18-24)34-31(35)38-22-23-15-9-7-10-16-23/h7-20,27-30H,21-22H2,1-6H3,(H,34,35)/t28-,29+,30+/m0/s1. The second-order valence-electron chi connectivity index (χ2n) is 11.1. The Labute approximate surface area is 237 Å². The van der Waals surface area contributed by atoms with E-state index in [2.05, 4.69) is 5.32 Å². The van der Waals surface area contributed by atoms with Crippen molar-refractivity contribution in [1.29, 1.82) is 0 Å². The van der Waals surface area contributed by atoms with Gasteiger partial charge in [0.15, 0.2) is 6.29 Å². The number of hydrogen-bond donors (Lipinski definition) is 1. The molecule has 3 atom stereocenters. The van der Waals surface area contributed by atoms with Crippen LogP contribution in [0.4, 0.5) is 4.79 Å². The molecule has 1 saturated heterocycles. The van der Waals surface area contributed by atoms with E-state index in [0.717, 1.165) is 22.3 Å². The maximum atomic E-state index is 13.0. The highest BCUT2D eigenvalue weighted by Crippen LogP contribution is 2.38. The number of benzene rings is 3. The van der Waals surface area contributed by atoms with Crippen LogP contribution >= 0.6 is 0 Å². The van der Waals surface area contributed by atoms with E-state index in [4.69, 9.17) is 23.7 Å². The van der Waals surface area contributed by atoms with Gasteiger partial charge in [-0.05, 0) is 49.9 Å². The van der Waals surface area contributed by atoms with Crippen LogP contribution in [0.2, 0.25) is 0 Å². The predicted molar refractivity (Wildman–Crippen MR) is 154 cm³/mol. The third-order valence-electron chi connectivity index (χ3n) is 7.65. The number of hydrogen-bond acceptors (Lipinski definition) is 6. The lowest BCUT2D eigenvalue weighted by atomic mass is 9.87. The highest BCUT2D eigenvalue weighted by atomic mass is 16.7. The van der Waals surface area contributed by atoms with Crippen LogP contribution in [0.25, 0.3) is 0 Å². The Morgan fingerprint density at radius 2 is 1.32 bits per heavy atom. The van der Waals surface area contributed by atoms with Crippen molar-refractivity contribution >= 4 is 6.09 Å². The quantitative estimate of drug-likeness (QED) is 0.308. The van der Waals surface area contributed by atoms with Gasteiger partial charge in [-0.2, -0.15) is 0 Å². The summed E-state index contributed by atoms with van der Waals surface area (Å²) in [5.74, 6) is 0. The summed E-state index contributed by atoms with van der Waals surface area (Å²) in [6.45, 7) is 8.16. The third-order valence-corrected chi connectivity index (χ3v) is 7.65. The Kier molecular flexibility index (Phi) is 9.64. The Hall–Kier alpha value is -3.23. The summed E-state index contributed by atoms with van der Waals surface area (Å²) in [5, 5.41) is 3.09. The first-order chi connectivity index (χ1) is 19.1. The van der Waals surface area contributed by atoms with Crippen molar-refractivity contribution in [2.45, 2.75) is 76.5 Å². The van der Waals surface area contributed by atoms with Crippen molar-refractivity contribution in [1.82, 2.24) is 5.32 Å². The lowest BCUT2D eigenvalue weighted by Gasteiger charge is -2.38. The van der Waals surface area contributed by atoms with Crippen molar-refractivity contribution in [3.05, 3.63) is 107 Å². The molecule has 0 bridgehead atoms. The van der Waals surface area contributed by atoms with Crippen LogP contribution in [0.15, 0.2) is 84.9 Å². The van der Waals surface area contributed by atoms with Crippen LogP contribution in [0, 0.1) is 0 Å². The predicted octanol–water partition coefficient (Wildman–Crippen LogP) is 6.21. The van der Waals surface area contributed by atoms with E-state index in [0.29, 0.717) is 6.42 Å². The Morgan fingerprint density at radius 3 is 1.90 bits per heavy atom. The molecule has 1 heterocycles. The molecule has 0 unspecified atom stereocenters. The van der Waals surface area contributed by atoms with Crippen LogP contribution in [0.3, 0.4) is 0 Å². The number of amides is 1. The number of nitrogens with one attached hydrogen (secondary N) is 1. The van der Waals surface area contributed by atoms with Crippen LogP contribution < -0.4 is 5.32 Å². The molecule has 214 valence electrons. The average Bonchev–Trinajstić information content (AvgIpc) is 3.42. The zero-order valence-electron chi connectivity index (χ0n) is 24.3. The molecule has 0 radical (unpaired) electrons. The highest BCUT2D eigenvalue weighted by molar-refractivity contribution is 5.69. The SMILES string of the molecule is COC(C)(C)[C@@H]1OC(Cc2ccccc2[C@@H](NC(=O)OCc2ccccc2)c2ccccc2)O[C@H]1C(C)(C)OC. The molecule has 7 heteroatoms. The van der Waals surface area contributed by atoms with Gasteiger partial charge in [0, 0.05) is 20.6 Å². The number of ether oxygens (including phenoxy) is 5. The van der Waals surface area contributed by atoms with E-state index < -0.39 is 29.6 Å². The Balaban J connectivity index is 1.58. The Bertz CT molecular complexity index is 1210. The molecule has 1 aliphatic heterocycles. The number of rotatable bonds is 11. The molecular weight excluding hydrogens is 506 g/mol. The van der Waals surface area contributed by atoms with E-state index in [1.54, 1.807) is 14.2 Å². The average molecular weight is 548 g/mol. The van der Waals surface area contributed by atoms with Crippen molar-refractivity contribution in [3.8, 4) is 0 Å². The number of carbonyl (C=O) groups excluding carboxylic acids is 1. The summed E-state index contributed by atoms with van der Waals surface area (Å²) >= 11 is 0. The van der Waals surface area contributed by atoms with Gasteiger partial charge in [-0.15, -0.1) is 0 Å². The first kappa shape index (κ1) is 29.7. The topological polar surface area (TPSA) is 75.3 Å². The second kappa shape index (κ2) is 13.0. The number of alkyl carbamates (subject to hydrolysis) is 1. The fourth-order valence-corrected chi connectivity index (χ4v) is 4.94. The van der Waals surface area contributed by atoms with Gasteiger partial charge in [0.25, 0.3) is 0 Å². The summed E-state index contributed by atoms with van der Waals surface area (Å²) < 4.78 is 30.1. The van der Waals surface area contributed by atoms with Gasteiger partial charge in [-0.25, -0.2) is 4.79 Å². The van der Waals surface area contributed by atoms with Crippen LogP contribution in [0.1, 0.15) is 56.0 Å². The molecule has 1 N–H and O–H groups in total. The molecule has 0 spiro atoms. The molecule has 3 aromatic rings. The largest absolute Gasteiger partial charge is 0.445 e. The highest BCUT2D eigenvalue weighted by Gasteiger charge is 2.52. The fraction of sp³-hybridized carbons (Fsp3) is 0.424. The minimum atomic E-state index is -0.592. The molecule has 0 aliphatic carbocycles. The molecule has 1 fully saturated rings. The van der Waals surface area contributed by atoms with Gasteiger partial charge in [0.05, 0.1) is 17.2 Å². The van der Waals surface area contributed by atoms with E-state index in [-0.39, 0.29) is 18.8 Å². The molecule has 40 heavy (non-hydrogen) atoms. The van der Waals surface area contributed by atoms with Gasteiger partial charge in [0.1, 0.15) is 18.8 Å². The first-order valence-electron chi connectivity index (χ1n) is 13.7. The second-order valence-corrected chi connectivity index (χ2v) is 11.1. The minimum Gasteiger partial charge on any atom is -0.445 e. The van der Waals surface area contributed by atoms with Crippen LogP contribution in [-0.4, -0.2) is 50.0 Å². The molecule has 0 saturated carbocycles. The number of carbonyl (C=O) groups is 1. The summed E-state index contributed by atoms with van der Waals surface area (Å²) in [5.41, 5.74) is 2.62. The fourth-order valence-electron chi connectivity index (χ4n) is 4.94. The van der Waals surface area contributed by atoms with Crippen molar-refractivity contribution in [3.63, 3.8) is 0 Å². The smallest absolute Gasteiger partial charge is 0.408 e. The van der Waals surface area contributed by atoms with Gasteiger partial charge in [0.2, 0.25) is 0 Å². The zero-order chi connectivity index (χ0) is 28.8. The lowest BCUT2D eigenvalue weighted by Crippen LogP contribution is -2.53. The van der Waals surface area contributed by atoms with Gasteiger partial charge < -0.3 is 29.0 Å². The molecule has 7 nitrogen and oxygen atoms in total. The first-order valence-corrected chi connectivity index (χ1v) is 13.7. The van der Waals surface area contributed by atoms with Gasteiger partial charge in [-0.1, -0.05) is 84.9 Å². The van der Waals surface area contributed by atoms with Crippen molar-refractivity contribution in [2.24, 2.45) is 0 Å². The van der Waals surface area contributed by atoms with E-state index in [9.17, 15) is 4.79 Å². The maximum Gasteiger partial charge on any atom is 0.408 e. The van der Waals surface area contributed by atoms with Crippen LogP contribution in [0.5, 0.6) is 0 Å². The lowest BCUT2D eigenvalue weighted by molar-refractivity contribution is -0.132. The van der Waals surface area contributed by atoms with E-state index in [1.807, 2.05) is 113 Å². The van der Waals surface area contributed by atoms with Gasteiger partial charge >= 0.3 is 6.09 Å². The van der Waals surface area contributed by atoms with Gasteiger partial charge in [-0.3, -0.25) is 0 Å². The summed E-state index contributed by atoms with van der Waals surface area (Å²) in [4.78, 5) is 13.0. The molecule has 1 amide bonds. The normalized spacial score (nSPS) is 18.9.